The maximum Gasteiger partial charge on any atom is 0.122 e. The van der Waals surface area contributed by atoms with Crippen molar-refractivity contribution in [1.82, 2.24) is 0 Å². The molecule has 3 rings (SSSR count). The smallest absolute Gasteiger partial charge is 0.122 e. The maximum absolute atomic E-state index is 5.68. The molecule has 0 bridgehead atoms. The average molecular weight is 240 g/mol. The molecule has 0 aromatic heterocycles. The Labute approximate surface area is 103 Å². The third-order valence-electron chi connectivity index (χ3n) is 3.70. The van der Waals surface area contributed by atoms with Crippen LogP contribution in [0.4, 0.5) is 0 Å². The van der Waals surface area contributed by atoms with E-state index in [1.54, 1.807) is 5.56 Å². The van der Waals surface area contributed by atoms with Crippen LogP contribution in [0.2, 0.25) is 0 Å². The lowest BCUT2D eigenvalue weighted by Gasteiger charge is -2.13. The Kier molecular flexibility index (Phi) is 3.41. The normalized spacial score (nSPS) is 20.9. The predicted molar refractivity (Wildman–Crippen MR) is 67.6 cm³/mol. The van der Waals surface area contributed by atoms with Gasteiger partial charge in [0.15, 0.2) is 0 Å². The third-order valence-corrected chi connectivity index (χ3v) is 3.70. The Morgan fingerprint density at radius 2 is 2.19 bits per heavy atom. The van der Waals surface area contributed by atoms with Gasteiger partial charge in [0.2, 0.25) is 0 Å². The van der Waals surface area contributed by atoms with Gasteiger partial charge in [-0.25, -0.2) is 0 Å². The third kappa shape index (κ3) is 1.70. The molecule has 1 aromatic carbocycles. The lowest BCUT2D eigenvalue weighted by molar-refractivity contribution is 0.357. The molecule has 0 radical (unpaired) electrons. The molecule has 3 heteroatoms. The molecule has 0 saturated heterocycles. The van der Waals surface area contributed by atoms with Crippen LogP contribution in [-0.4, -0.2) is 13.2 Å². The summed E-state index contributed by atoms with van der Waals surface area (Å²) >= 11 is 0. The van der Waals surface area contributed by atoms with E-state index in [0.717, 1.165) is 31.7 Å². The number of nitrogens with two attached hydrogens (primary N) is 1. The van der Waals surface area contributed by atoms with Crippen LogP contribution in [0.15, 0.2) is 12.1 Å². The molecule has 0 fully saturated rings. The molecule has 0 amide bonds. The van der Waals surface area contributed by atoms with Crippen LogP contribution < -0.4 is 10.5 Å². The predicted octanol–water partition coefficient (Wildman–Crippen LogP) is 2.42. The summed E-state index contributed by atoms with van der Waals surface area (Å²) in [4.78, 5) is 0. The van der Waals surface area contributed by atoms with E-state index < -0.39 is 0 Å². The van der Waals surface area contributed by atoms with Crippen molar-refractivity contribution in [3.63, 3.8) is 0 Å². The number of ether oxygens (including phenoxy) is 1. The zero-order valence-corrected chi connectivity index (χ0v) is 10.2. The van der Waals surface area contributed by atoms with E-state index in [4.69, 9.17) is 10.5 Å². The summed E-state index contributed by atoms with van der Waals surface area (Å²) in [5, 5.41) is 0. The van der Waals surface area contributed by atoms with Crippen molar-refractivity contribution in [2.75, 3.05) is 13.2 Å². The van der Waals surface area contributed by atoms with Crippen LogP contribution in [0.25, 0.3) is 0 Å². The van der Waals surface area contributed by atoms with Crippen molar-refractivity contribution in [1.29, 1.82) is 0 Å². The van der Waals surface area contributed by atoms with Crippen molar-refractivity contribution in [2.24, 2.45) is 5.73 Å². The first-order valence-electron chi connectivity index (χ1n) is 5.87. The van der Waals surface area contributed by atoms with Gasteiger partial charge in [-0.05, 0) is 48.9 Å². The Hall–Kier alpha value is -0.730. The molecule has 1 heterocycles. The lowest BCUT2D eigenvalue weighted by atomic mass is 9.92. The van der Waals surface area contributed by atoms with Crippen molar-refractivity contribution in [3.8, 4) is 5.75 Å². The molecule has 1 aromatic rings. The Balaban J connectivity index is 0.000000963. The highest BCUT2D eigenvalue weighted by Gasteiger charge is 2.28. The molecular formula is C13H18ClNO. The first kappa shape index (κ1) is 11.7. The number of hydrogen-bond donors (Lipinski definition) is 1. The number of hydrogen-bond acceptors (Lipinski definition) is 2. The molecule has 1 atom stereocenters. The van der Waals surface area contributed by atoms with Gasteiger partial charge in [0.05, 0.1) is 6.61 Å². The first-order valence-corrected chi connectivity index (χ1v) is 5.87. The van der Waals surface area contributed by atoms with Crippen LogP contribution in [0.5, 0.6) is 5.75 Å². The number of benzene rings is 1. The number of halogens is 1. The topological polar surface area (TPSA) is 35.2 Å². The van der Waals surface area contributed by atoms with E-state index >= 15 is 0 Å². The largest absolute Gasteiger partial charge is 0.493 e. The Morgan fingerprint density at radius 1 is 1.31 bits per heavy atom. The van der Waals surface area contributed by atoms with Crippen LogP contribution in [0.3, 0.4) is 0 Å². The molecule has 0 unspecified atom stereocenters. The van der Waals surface area contributed by atoms with Gasteiger partial charge in [-0.3, -0.25) is 0 Å². The molecule has 88 valence electrons. The molecule has 0 saturated carbocycles. The fourth-order valence-corrected chi connectivity index (χ4v) is 3.04. The fraction of sp³-hybridized carbons (Fsp3) is 0.538. The maximum atomic E-state index is 5.68. The summed E-state index contributed by atoms with van der Waals surface area (Å²) in [6, 6.07) is 4.39. The van der Waals surface area contributed by atoms with Gasteiger partial charge in [0.1, 0.15) is 5.75 Å². The van der Waals surface area contributed by atoms with E-state index in [9.17, 15) is 0 Å². The minimum Gasteiger partial charge on any atom is -0.493 e. The number of rotatable bonds is 2. The lowest BCUT2D eigenvalue weighted by Crippen LogP contribution is -2.06. The number of fused-ring (bicyclic) bond motifs is 3. The van der Waals surface area contributed by atoms with Gasteiger partial charge in [-0.15, -0.1) is 12.4 Å². The van der Waals surface area contributed by atoms with E-state index in [1.807, 2.05) is 0 Å². The summed E-state index contributed by atoms with van der Waals surface area (Å²) in [7, 11) is 0. The van der Waals surface area contributed by atoms with Crippen LogP contribution in [0.1, 0.15) is 35.4 Å². The fourth-order valence-electron chi connectivity index (χ4n) is 3.04. The van der Waals surface area contributed by atoms with Crippen molar-refractivity contribution < 1.29 is 4.74 Å². The monoisotopic (exact) mass is 239 g/mol. The van der Waals surface area contributed by atoms with Gasteiger partial charge in [0.25, 0.3) is 0 Å². The summed E-state index contributed by atoms with van der Waals surface area (Å²) in [6.45, 7) is 1.66. The average Bonchev–Trinajstić information content (AvgIpc) is 2.83. The molecule has 2 N–H and O–H groups in total. The van der Waals surface area contributed by atoms with E-state index in [-0.39, 0.29) is 12.4 Å². The molecular weight excluding hydrogens is 222 g/mol. The summed E-state index contributed by atoms with van der Waals surface area (Å²) < 4.78 is 5.62. The molecule has 2 aliphatic rings. The molecule has 0 spiro atoms. The second-order valence-electron chi connectivity index (χ2n) is 4.53. The minimum atomic E-state index is 0. The van der Waals surface area contributed by atoms with E-state index in [2.05, 4.69) is 12.1 Å². The van der Waals surface area contributed by atoms with Gasteiger partial charge in [0, 0.05) is 12.0 Å². The zero-order chi connectivity index (χ0) is 10.3. The first-order chi connectivity index (χ1) is 7.40. The van der Waals surface area contributed by atoms with E-state index in [0.29, 0.717) is 5.92 Å². The Morgan fingerprint density at radius 3 is 3.00 bits per heavy atom. The van der Waals surface area contributed by atoms with Crippen LogP contribution >= 0.6 is 12.4 Å². The van der Waals surface area contributed by atoms with Crippen LogP contribution in [0, 0.1) is 0 Å². The summed E-state index contributed by atoms with van der Waals surface area (Å²) in [5.74, 6) is 1.82. The highest BCUT2D eigenvalue weighted by atomic mass is 35.5. The number of aryl methyl sites for hydroxylation is 1. The minimum absolute atomic E-state index is 0. The Bertz CT molecular complexity index is 390. The standard InChI is InChI=1S/C13H17NO.ClH/c14-7-5-10-2-1-9-3-4-12-11(13(9)10)6-8-15-12;/h3-4,10H,1-2,5-8,14H2;1H/t10-;/m0./s1. The molecule has 1 aliphatic heterocycles. The highest BCUT2D eigenvalue weighted by molar-refractivity contribution is 5.85. The van der Waals surface area contributed by atoms with Gasteiger partial charge in [-0.2, -0.15) is 0 Å². The second-order valence-corrected chi connectivity index (χ2v) is 4.53. The van der Waals surface area contributed by atoms with Gasteiger partial charge in [-0.1, -0.05) is 6.07 Å². The highest BCUT2D eigenvalue weighted by Crippen LogP contribution is 2.42. The van der Waals surface area contributed by atoms with Crippen molar-refractivity contribution in [2.45, 2.75) is 31.6 Å². The van der Waals surface area contributed by atoms with Crippen molar-refractivity contribution >= 4 is 12.4 Å². The van der Waals surface area contributed by atoms with Crippen LogP contribution in [-0.2, 0) is 12.8 Å². The second kappa shape index (κ2) is 4.64. The van der Waals surface area contributed by atoms with Gasteiger partial charge < -0.3 is 10.5 Å². The molecule has 2 nitrogen and oxygen atoms in total. The zero-order valence-electron chi connectivity index (χ0n) is 9.37. The van der Waals surface area contributed by atoms with Gasteiger partial charge >= 0.3 is 0 Å². The summed E-state index contributed by atoms with van der Waals surface area (Å²) in [5.41, 5.74) is 10.3. The summed E-state index contributed by atoms with van der Waals surface area (Å²) in [6.07, 6.45) is 4.74. The van der Waals surface area contributed by atoms with Crippen molar-refractivity contribution in [3.05, 3.63) is 28.8 Å². The quantitative estimate of drug-likeness (QED) is 0.861. The SMILES string of the molecule is Cl.NCC[C@@H]1CCc2ccc3c(c21)CCO3. The molecule has 1 aliphatic carbocycles. The van der Waals surface area contributed by atoms with E-state index in [1.165, 1.54) is 24.0 Å². The molecule has 16 heavy (non-hydrogen) atoms.